The number of aromatic nitrogens is 4. The van der Waals surface area contributed by atoms with Crippen LogP contribution in [0.3, 0.4) is 0 Å². The SMILES string of the molecule is COc1ccc(NC(=O)[C@H]2CCCN(c3c4c(nc5ncnn35)CCC4)C2)cc1OC. The van der Waals surface area contributed by atoms with Crippen molar-refractivity contribution in [1.82, 2.24) is 19.6 Å². The highest BCUT2D eigenvalue weighted by Crippen LogP contribution is 2.34. The molecule has 1 amide bonds. The molecule has 5 rings (SSSR count). The number of carbonyl (C=O) groups excluding carboxylic acids is 1. The van der Waals surface area contributed by atoms with Crippen molar-refractivity contribution in [3.05, 3.63) is 35.8 Å². The van der Waals surface area contributed by atoms with Gasteiger partial charge in [-0.25, -0.2) is 4.98 Å². The zero-order valence-corrected chi connectivity index (χ0v) is 17.8. The number of carbonyl (C=O) groups is 1. The number of amides is 1. The van der Waals surface area contributed by atoms with Crippen LogP contribution in [-0.2, 0) is 17.6 Å². The number of ether oxygens (including phenoxy) is 2. The molecule has 0 unspecified atom stereocenters. The maximum Gasteiger partial charge on any atom is 0.254 e. The largest absolute Gasteiger partial charge is 0.493 e. The van der Waals surface area contributed by atoms with Crippen molar-refractivity contribution in [3.63, 3.8) is 0 Å². The molecule has 0 saturated carbocycles. The Balaban J connectivity index is 1.37. The number of fused-ring (bicyclic) bond motifs is 2. The van der Waals surface area contributed by atoms with E-state index in [2.05, 4.69) is 25.3 Å². The highest BCUT2D eigenvalue weighted by Gasteiger charge is 2.31. The van der Waals surface area contributed by atoms with Gasteiger partial charge in [0.05, 0.1) is 25.8 Å². The zero-order valence-electron chi connectivity index (χ0n) is 17.8. The summed E-state index contributed by atoms with van der Waals surface area (Å²) in [6.45, 7) is 1.54. The Labute approximate surface area is 180 Å². The molecule has 1 N–H and O–H groups in total. The summed E-state index contributed by atoms with van der Waals surface area (Å²) in [5.41, 5.74) is 3.06. The van der Waals surface area contributed by atoms with Gasteiger partial charge in [-0.05, 0) is 44.2 Å². The van der Waals surface area contributed by atoms with Crippen LogP contribution in [0.4, 0.5) is 11.5 Å². The molecule has 0 bridgehead atoms. The Bertz CT molecular complexity index is 1130. The number of piperidine rings is 1. The fourth-order valence-electron chi connectivity index (χ4n) is 4.67. The highest BCUT2D eigenvalue weighted by atomic mass is 16.5. The molecule has 1 aliphatic heterocycles. The molecule has 9 nitrogen and oxygen atoms in total. The van der Waals surface area contributed by atoms with Gasteiger partial charge in [-0.3, -0.25) is 4.79 Å². The number of hydrogen-bond acceptors (Lipinski definition) is 7. The number of hydrogen-bond donors (Lipinski definition) is 1. The molecule has 1 atom stereocenters. The van der Waals surface area contributed by atoms with Crippen LogP contribution in [0.25, 0.3) is 5.78 Å². The summed E-state index contributed by atoms with van der Waals surface area (Å²) < 4.78 is 12.5. The summed E-state index contributed by atoms with van der Waals surface area (Å²) >= 11 is 0. The predicted octanol–water partition coefficient (Wildman–Crippen LogP) is 2.49. The first kappa shape index (κ1) is 19.6. The number of rotatable bonds is 5. The summed E-state index contributed by atoms with van der Waals surface area (Å²) in [6, 6.07) is 5.41. The van der Waals surface area contributed by atoms with Crippen LogP contribution >= 0.6 is 0 Å². The second-order valence-electron chi connectivity index (χ2n) is 8.03. The van der Waals surface area contributed by atoms with Crippen LogP contribution < -0.4 is 19.7 Å². The highest BCUT2D eigenvalue weighted by molar-refractivity contribution is 5.93. The second-order valence-corrected chi connectivity index (χ2v) is 8.03. The van der Waals surface area contributed by atoms with Crippen LogP contribution in [0.2, 0.25) is 0 Å². The Hall–Kier alpha value is -3.36. The number of methoxy groups -OCH3 is 2. The minimum Gasteiger partial charge on any atom is -0.493 e. The van der Waals surface area contributed by atoms with Crippen molar-refractivity contribution in [3.8, 4) is 11.5 Å². The lowest BCUT2D eigenvalue weighted by atomic mass is 9.96. The molecule has 1 fully saturated rings. The molecule has 1 saturated heterocycles. The molecule has 1 aromatic carbocycles. The number of nitrogens with one attached hydrogen (secondary N) is 1. The van der Waals surface area contributed by atoms with Crippen LogP contribution in [-0.4, -0.2) is 52.8 Å². The Kier molecular flexibility index (Phi) is 5.09. The molecule has 0 radical (unpaired) electrons. The van der Waals surface area contributed by atoms with Gasteiger partial charge in [-0.15, -0.1) is 0 Å². The van der Waals surface area contributed by atoms with Gasteiger partial charge in [0, 0.05) is 30.4 Å². The average molecular weight is 422 g/mol. The Morgan fingerprint density at radius 1 is 1.16 bits per heavy atom. The normalized spacial score (nSPS) is 18.1. The van der Waals surface area contributed by atoms with Crippen molar-refractivity contribution < 1.29 is 14.3 Å². The molecule has 0 spiro atoms. The third kappa shape index (κ3) is 3.54. The molecule has 162 valence electrons. The molecule has 2 aromatic heterocycles. The molecule has 9 heteroatoms. The second kappa shape index (κ2) is 8.05. The van der Waals surface area contributed by atoms with Gasteiger partial charge in [0.15, 0.2) is 11.5 Å². The van der Waals surface area contributed by atoms with E-state index in [1.165, 1.54) is 5.56 Å². The summed E-state index contributed by atoms with van der Waals surface area (Å²) in [7, 11) is 3.18. The van der Waals surface area contributed by atoms with Crippen LogP contribution in [0.1, 0.15) is 30.5 Å². The van der Waals surface area contributed by atoms with E-state index in [1.54, 1.807) is 32.7 Å². The maximum atomic E-state index is 13.1. The summed E-state index contributed by atoms with van der Waals surface area (Å²) in [5.74, 6) is 2.80. The van der Waals surface area contributed by atoms with E-state index in [1.807, 2.05) is 10.6 Å². The third-order valence-corrected chi connectivity index (χ3v) is 6.17. The lowest BCUT2D eigenvalue weighted by molar-refractivity contribution is -0.120. The van der Waals surface area contributed by atoms with E-state index < -0.39 is 0 Å². The smallest absolute Gasteiger partial charge is 0.254 e. The predicted molar refractivity (Wildman–Crippen MR) is 116 cm³/mol. The Morgan fingerprint density at radius 2 is 2.03 bits per heavy atom. The zero-order chi connectivity index (χ0) is 21.4. The van der Waals surface area contributed by atoms with Crippen molar-refractivity contribution in [2.45, 2.75) is 32.1 Å². The van der Waals surface area contributed by atoms with Gasteiger partial charge in [0.1, 0.15) is 12.1 Å². The van der Waals surface area contributed by atoms with Crippen LogP contribution in [0, 0.1) is 5.92 Å². The number of nitrogens with zero attached hydrogens (tertiary/aromatic N) is 5. The van der Waals surface area contributed by atoms with Crippen LogP contribution in [0.15, 0.2) is 24.5 Å². The molecular formula is C22H26N6O3. The number of benzene rings is 1. The van der Waals surface area contributed by atoms with Crippen molar-refractivity contribution >= 4 is 23.2 Å². The maximum absolute atomic E-state index is 13.1. The molecule has 31 heavy (non-hydrogen) atoms. The van der Waals surface area contributed by atoms with Gasteiger partial charge in [-0.1, -0.05) is 0 Å². The van der Waals surface area contributed by atoms with E-state index in [0.717, 1.165) is 50.2 Å². The topological polar surface area (TPSA) is 93.9 Å². The molecular weight excluding hydrogens is 396 g/mol. The summed E-state index contributed by atoms with van der Waals surface area (Å²) in [5, 5.41) is 7.47. The van der Waals surface area contributed by atoms with E-state index >= 15 is 0 Å². The first-order valence-electron chi connectivity index (χ1n) is 10.7. The first-order chi connectivity index (χ1) is 15.2. The Morgan fingerprint density at radius 3 is 2.87 bits per heavy atom. The van der Waals surface area contributed by atoms with Gasteiger partial charge in [0.25, 0.3) is 5.78 Å². The van der Waals surface area contributed by atoms with E-state index in [9.17, 15) is 4.79 Å². The van der Waals surface area contributed by atoms with Gasteiger partial charge >= 0.3 is 0 Å². The average Bonchev–Trinajstić information content (AvgIpc) is 3.46. The lowest BCUT2D eigenvalue weighted by Gasteiger charge is -2.34. The number of anilines is 2. The van der Waals surface area contributed by atoms with Crippen molar-refractivity contribution in [1.29, 1.82) is 0 Å². The van der Waals surface area contributed by atoms with E-state index in [-0.39, 0.29) is 11.8 Å². The summed E-state index contributed by atoms with van der Waals surface area (Å²) in [4.78, 5) is 24.4. The van der Waals surface area contributed by atoms with Crippen molar-refractivity contribution in [2.75, 3.05) is 37.5 Å². The quantitative estimate of drug-likeness (QED) is 0.675. The first-order valence-corrected chi connectivity index (χ1v) is 10.7. The van der Waals surface area contributed by atoms with E-state index in [4.69, 9.17) is 9.47 Å². The minimum absolute atomic E-state index is 0.0115. The van der Waals surface area contributed by atoms with Gasteiger partial charge in [-0.2, -0.15) is 14.6 Å². The van der Waals surface area contributed by atoms with E-state index in [0.29, 0.717) is 29.5 Å². The molecule has 2 aliphatic rings. The van der Waals surface area contributed by atoms with Gasteiger partial charge in [0.2, 0.25) is 5.91 Å². The van der Waals surface area contributed by atoms with Crippen molar-refractivity contribution in [2.24, 2.45) is 5.92 Å². The molecule has 3 heterocycles. The van der Waals surface area contributed by atoms with Crippen LogP contribution in [0.5, 0.6) is 11.5 Å². The standard InChI is InChI=1S/C22H26N6O3/c1-30-18-9-8-15(11-19(18)31-2)25-20(29)14-5-4-10-27(12-14)21-16-6-3-7-17(16)26-22-23-13-24-28(21)22/h8-9,11,13-14H,3-7,10,12H2,1-2H3,(H,25,29)/t14-/m0/s1. The monoisotopic (exact) mass is 422 g/mol. The summed E-state index contributed by atoms with van der Waals surface area (Å²) in [6.07, 6.45) is 6.40. The number of aryl methyl sites for hydroxylation is 1. The minimum atomic E-state index is -0.120. The third-order valence-electron chi connectivity index (χ3n) is 6.17. The fourth-order valence-corrected chi connectivity index (χ4v) is 4.67. The fraction of sp³-hybridized carbons (Fsp3) is 0.455. The van der Waals surface area contributed by atoms with Gasteiger partial charge < -0.3 is 19.7 Å². The lowest BCUT2D eigenvalue weighted by Crippen LogP contribution is -2.42. The molecule has 3 aromatic rings. The molecule has 1 aliphatic carbocycles.